The van der Waals surface area contributed by atoms with Gasteiger partial charge >= 0.3 is 0 Å². The fraction of sp³-hybridized carbons (Fsp3) is 0.333. The zero-order valence-corrected chi connectivity index (χ0v) is 8.58. The molecule has 1 atom stereocenters. The summed E-state index contributed by atoms with van der Waals surface area (Å²) in [5.74, 6) is 0. The Morgan fingerprint density at radius 1 is 1.36 bits per heavy atom. The number of rotatable bonds is 2. The Morgan fingerprint density at radius 2 is 2.14 bits per heavy atom. The van der Waals surface area contributed by atoms with Crippen molar-refractivity contribution in [2.45, 2.75) is 25.8 Å². The van der Waals surface area contributed by atoms with Crippen LogP contribution in [0.1, 0.15) is 25.8 Å². The van der Waals surface area contributed by atoms with Crippen LogP contribution in [-0.2, 0) is 5.54 Å². The Hall–Kier alpha value is -1.28. The summed E-state index contributed by atoms with van der Waals surface area (Å²) in [6.45, 7) is 4.15. The van der Waals surface area contributed by atoms with Crippen molar-refractivity contribution < 1.29 is 4.42 Å². The Labute approximate surface area is 83.7 Å². The van der Waals surface area contributed by atoms with Gasteiger partial charge in [-0.25, -0.2) is 0 Å². The molecule has 1 heterocycles. The van der Waals surface area contributed by atoms with E-state index in [9.17, 15) is 0 Å². The fourth-order valence-electron chi connectivity index (χ4n) is 1.53. The number of hydrogen-bond donors (Lipinski definition) is 1. The van der Waals surface area contributed by atoms with Crippen LogP contribution in [0.15, 0.2) is 34.9 Å². The first-order chi connectivity index (χ1) is 6.63. The van der Waals surface area contributed by atoms with Gasteiger partial charge in [0.15, 0.2) is 0 Å². The van der Waals surface area contributed by atoms with Crippen LogP contribution >= 0.6 is 0 Å². The summed E-state index contributed by atoms with van der Waals surface area (Å²) < 4.78 is 5.28. The molecule has 2 N–H and O–H groups in total. The normalized spacial score (nSPS) is 15.6. The van der Waals surface area contributed by atoms with Gasteiger partial charge in [-0.2, -0.15) is 0 Å². The molecule has 0 saturated heterocycles. The summed E-state index contributed by atoms with van der Waals surface area (Å²) in [7, 11) is 0. The molecule has 2 nitrogen and oxygen atoms in total. The molecule has 0 saturated carbocycles. The maximum absolute atomic E-state index is 6.17. The second-order valence-corrected chi connectivity index (χ2v) is 3.94. The van der Waals surface area contributed by atoms with Crippen LogP contribution in [0.5, 0.6) is 0 Å². The van der Waals surface area contributed by atoms with Gasteiger partial charge in [0.1, 0.15) is 5.58 Å². The monoisotopic (exact) mass is 189 g/mol. The van der Waals surface area contributed by atoms with Crippen LogP contribution < -0.4 is 5.73 Å². The number of benzene rings is 1. The van der Waals surface area contributed by atoms with Crippen molar-refractivity contribution >= 4 is 11.0 Å². The third-order valence-electron chi connectivity index (χ3n) is 2.85. The van der Waals surface area contributed by atoms with E-state index < -0.39 is 0 Å². The fourth-order valence-corrected chi connectivity index (χ4v) is 1.53. The van der Waals surface area contributed by atoms with Gasteiger partial charge < -0.3 is 10.2 Å². The zero-order chi connectivity index (χ0) is 10.2. The van der Waals surface area contributed by atoms with Crippen LogP contribution in [0.25, 0.3) is 11.0 Å². The minimum Gasteiger partial charge on any atom is -0.464 e. The highest BCUT2D eigenvalue weighted by atomic mass is 16.3. The summed E-state index contributed by atoms with van der Waals surface area (Å²) in [5, 5.41) is 1.12. The Balaban J connectivity index is 2.53. The highest BCUT2D eigenvalue weighted by Gasteiger charge is 2.18. The molecule has 2 aromatic rings. The molecule has 0 amide bonds. The summed E-state index contributed by atoms with van der Waals surface area (Å²) in [5.41, 5.74) is 8.00. The molecular weight excluding hydrogens is 174 g/mol. The van der Waals surface area contributed by atoms with Crippen LogP contribution in [0.3, 0.4) is 0 Å². The maximum Gasteiger partial charge on any atom is 0.133 e. The zero-order valence-electron chi connectivity index (χ0n) is 8.58. The second kappa shape index (κ2) is 3.14. The molecule has 1 aromatic carbocycles. The van der Waals surface area contributed by atoms with Crippen molar-refractivity contribution in [3.05, 3.63) is 36.1 Å². The molecule has 2 rings (SSSR count). The van der Waals surface area contributed by atoms with Crippen molar-refractivity contribution in [3.63, 3.8) is 0 Å². The highest BCUT2D eigenvalue weighted by Crippen LogP contribution is 2.25. The first-order valence-electron chi connectivity index (χ1n) is 4.90. The van der Waals surface area contributed by atoms with E-state index in [-0.39, 0.29) is 5.54 Å². The molecule has 2 heteroatoms. The average Bonchev–Trinajstić information content (AvgIpc) is 2.64. The molecule has 0 radical (unpaired) electrons. The minimum absolute atomic E-state index is 0.245. The van der Waals surface area contributed by atoms with Gasteiger partial charge in [-0.1, -0.05) is 13.0 Å². The molecule has 1 unspecified atom stereocenters. The lowest BCUT2D eigenvalue weighted by Crippen LogP contribution is -2.31. The standard InChI is InChI=1S/C12H15NO/c1-3-12(2,13)10-4-5-11-9(8-10)6-7-14-11/h4-8H,3,13H2,1-2H3. The summed E-state index contributed by atoms with van der Waals surface area (Å²) in [6, 6.07) is 8.08. The number of nitrogens with two attached hydrogens (primary N) is 1. The lowest BCUT2D eigenvalue weighted by Gasteiger charge is -2.23. The molecular formula is C12H15NO. The lowest BCUT2D eigenvalue weighted by molar-refractivity contribution is 0.477. The van der Waals surface area contributed by atoms with Crippen LogP contribution in [0.2, 0.25) is 0 Å². The predicted molar refractivity (Wildman–Crippen MR) is 58.0 cm³/mol. The first-order valence-corrected chi connectivity index (χ1v) is 4.90. The van der Waals surface area contributed by atoms with Crippen LogP contribution in [-0.4, -0.2) is 0 Å². The van der Waals surface area contributed by atoms with E-state index in [1.165, 1.54) is 0 Å². The minimum atomic E-state index is -0.245. The molecule has 0 aliphatic rings. The van der Waals surface area contributed by atoms with Gasteiger partial charge in [-0.3, -0.25) is 0 Å². The quantitative estimate of drug-likeness (QED) is 0.788. The van der Waals surface area contributed by atoms with E-state index in [1.807, 2.05) is 25.1 Å². The Kier molecular flexibility index (Phi) is 2.08. The largest absolute Gasteiger partial charge is 0.464 e. The predicted octanol–water partition coefficient (Wildman–Crippen LogP) is 3.02. The average molecular weight is 189 g/mol. The van der Waals surface area contributed by atoms with Crippen LogP contribution in [0.4, 0.5) is 0 Å². The summed E-state index contributed by atoms with van der Waals surface area (Å²) in [6.07, 6.45) is 2.63. The molecule has 0 fully saturated rings. The Morgan fingerprint density at radius 3 is 2.86 bits per heavy atom. The second-order valence-electron chi connectivity index (χ2n) is 3.94. The molecule has 0 aliphatic heterocycles. The van der Waals surface area contributed by atoms with E-state index in [1.54, 1.807) is 6.26 Å². The van der Waals surface area contributed by atoms with E-state index in [0.29, 0.717) is 0 Å². The molecule has 14 heavy (non-hydrogen) atoms. The first kappa shape index (κ1) is 9.28. The van der Waals surface area contributed by atoms with Gasteiger partial charge in [-0.05, 0) is 37.1 Å². The number of furan rings is 1. The van der Waals surface area contributed by atoms with Crippen molar-refractivity contribution in [1.29, 1.82) is 0 Å². The third-order valence-corrected chi connectivity index (χ3v) is 2.85. The van der Waals surface area contributed by atoms with Crippen molar-refractivity contribution in [2.24, 2.45) is 5.73 Å². The molecule has 74 valence electrons. The topological polar surface area (TPSA) is 39.2 Å². The smallest absolute Gasteiger partial charge is 0.133 e. The number of hydrogen-bond acceptors (Lipinski definition) is 2. The van der Waals surface area contributed by atoms with Crippen molar-refractivity contribution in [3.8, 4) is 0 Å². The summed E-state index contributed by atoms with van der Waals surface area (Å²) in [4.78, 5) is 0. The van der Waals surface area contributed by atoms with E-state index in [2.05, 4.69) is 13.0 Å². The summed E-state index contributed by atoms with van der Waals surface area (Å²) >= 11 is 0. The van der Waals surface area contributed by atoms with E-state index >= 15 is 0 Å². The van der Waals surface area contributed by atoms with Gasteiger partial charge in [-0.15, -0.1) is 0 Å². The van der Waals surface area contributed by atoms with Crippen molar-refractivity contribution in [2.75, 3.05) is 0 Å². The highest BCUT2D eigenvalue weighted by molar-refractivity contribution is 5.78. The molecule has 1 aromatic heterocycles. The van der Waals surface area contributed by atoms with E-state index in [4.69, 9.17) is 10.2 Å². The van der Waals surface area contributed by atoms with Crippen LogP contribution in [0, 0.1) is 0 Å². The molecule has 0 aliphatic carbocycles. The third kappa shape index (κ3) is 1.42. The van der Waals surface area contributed by atoms with Gasteiger partial charge in [0.2, 0.25) is 0 Å². The Bertz CT molecular complexity index is 442. The lowest BCUT2D eigenvalue weighted by atomic mass is 9.90. The molecule has 0 bridgehead atoms. The van der Waals surface area contributed by atoms with Gasteiger partial charge in [0.25, 0.3) is 0 Å². The van der Waals surface area contributed by atoms with Gasteiger partial charge in [0, 0.05) is 10.9 Å². The SMILES string of the molecule is CCC(C)(N)c1ccc2occc2c1. The number of fused-ring (bicyclic) bond motifs is 1. The van der Waals surface area contributed by atoms with Crippen molar-refractivity contribution in [1.82, 2.24) is 0 Å². The van der Waals surface area contributed by atoms with Gasteiger partial charge in [0.05, 0.1) is 6.26 Å². The molecule has 0 spiro atoms. The maximum atomic E-state index is 6.17. The van der Waals surface area contributed by atoms with E-state index in [0.717, 1.165) is 23.0 Å².